The first-order valence-electron chi connectivity index (χ1n) is 8.57. The van der Waals surface area contributed by atoms with E-state index in [9.17, 15) is 23.5 Å². The monoisotopic (exact) mass is 429 g/mol. The number of hydrogen-bond acceptors (Lipinski definition) is 5. The number of para-hydroxylation sites is 1. The summed E-state index contributed by atoms with van der Waals surface area (Å²) in [7, 11) is 1.26. The summed E-state index contributed by atoms with van der Waals surface area (Å²) in [6.45, 7) is 0. The zero-order valence-electron chi connectivity index (χ0n) is 15.4. The Labute approximate surface area is 172 Å². The minimum absolute atomic E-state index is 0.0258. The minimum atomic E-state index is -1.44. The third-order valence-electron chi connectivity index (χ3n) is 4.38. The summed E-state index contributed by atoms with van der Waals surface area (Å²) >= 11 is 0.795. The molecule has 0 unspecified atom stereocenters. The predicted molar refractivity (Wildman–Crippen MR) is 107 cm³/mol. The number of thiophene rings is 1. The summed E-state index contributed by atoms with van der Waals surface area (Å²) in [5.41, 5.74) is -0.535. The second-order valence-electron chi connectivity index (χ2n) is 6.23. The fraction of sp³-hybridized carbons (Fsp3) is 0.0476. The third-order valence-corrected chi connectivity index (χ3v) is 5.38. The van der Waals surface area contributed by atoms with Gasteiger partial charge in [-0.3, -0.25) is 4.79 Å². The largest absolute Gasteiger partial charge is 0.497 e. The van der Waals surface area contributed by atoms with Gasteiger partial charge in [0.1, 0.15) is 28.5 Å². The fourth-order valence-corrected chi connectivity index (χ4v) is 4.05. The molecule has 4 aromatic rings. The van der Waals surface area contributed by atoms with E-state index < -0.39 is 34.6 Å². The summed E-state index contributed by atoms with van der Waals surface area (Å²) in [6.07, 6.45) is 0. The molecule has 2 heterocycles. The van der Waals surface area contributed by atoms with Gasteiger partial charge >= 0.3 is 5.97 Å². The van der Waals surface area contributed by atoms with E-state index in [0.29, 0.717) is 11.0 Å². The van der Waals surface area contributed by atoms with Crippen LogP contribution in [0.15, 0.2) is 52.3 Å². The van der Waals surface area contributed by atoms with Crippen molar-refractivity contribution in [3.8, 4) is 16.2 Å². The highest BCUT2D eigenvalue weighted by atomic mass is 32.1. The molecule has 0 bridgehead atoms. The zero-order valence-corrected chi connectivity index (χ0v) is 16.2. The summed E-state index contributed by atoms with van der Waals surface area (Å²) in [4.78, 5) is 24.2. The molecule has 30 heavy (non-hydrogen) atoms. The molecule has 6 nitrogen and oxygen atoms in total. The highest BCUT2D eigenvalue weighted by Gasteiger charge is 2.26. The molecule has 0 aliphatic heterocycles. The quantitative estimate of drug-likeness (QED) is 0.444. The maximum Gasteiger partial charge on any atom is 0.339 e. The number of amides is 1. The number of rotatable bonds is 5. The number of carbonyl (C=O) groups excluding carboxylic acids is 1. The van der Waals surface area contributed by atoms with Crippen LogP contribution in [0, 0.1) is 11.6 Å². The standard InChI is InChI=1S/C21H13F2NO5S/c1-28-11-7-12(22)17(13(23)8-11)19-18(21(26)27)14(9-30-19)24-20(25)16-6-10-4-2-3-5-15(10)29-16/h2-9H,1H3,(H,24,25)(H,26,27). The first-order chi connectivity index (χ1) is 14.4. The molecule has 2 aromatic carbocycles. The number of carboxylic acids is 1. The van der Waals surface area contributed by atoms with Gasteiger partial charge in [-0.25, -0.2) is 13.6 Å². The fourth-order valence-electron chi connectivity index (χ4n) is 3.01. The van der Waals surface area contributed by atoms with Crippen LogP contribution in [0.1, 0.15) is 20.9 Å². The lowest BCUT2D eigenvalue weighted by Crippen LogP contribution is -2.13. The molecule has 152 valence electrons. The summed E-state index contributed by atoms with van der Waals surface area (Å²) < 4.78 is 39.2. The van der Waals surface area contributed by atoms with Crippen LogP contribution < -0.4 is 10.1 Å². The lowest BCUT2D eigenvalue weighted by atomic mass is 10.1. The summed E-state index contributed by atoms with van der Waals surface area (Å²) in [5, 5.41) is 14.1. The number of nitrogens with one attached hydrogen (secondary N) is 1. The first-order valence-corrected chi connectivity index (χ1v) is 9.45. The average Bonchev–Trinajstić information content (AvgIpc) is 3.31. The SMILES string of the molecule is COc1cc(F)c(-c2scc(NC(=O)c3cc4ccccc4o3)c2C(=O)O)c(F)c1. The molecular formula is C21H13F2NO5S. The maximum absolute atomic E-state index is 14.5. The van der Waals surface area contributed by atoms with E-state index in [4.69, 9.17) is 9.15 Å². The number of benzene rings is 2. The van der Waals surface area contributed by atoms with Crippen LogP contribution in [0.3, 0.4) is 0 Å². The normalized spacial score (nSPS) is 10.9. The number of carbonyl (C=O) groups is 2. The van der Waals surface area contributed by atoms with Gasteiger partial charge in [-0.15, -0.1) is 11.3 Å². The molecule has 0 saturated heterocycles. The molecule has 0 fully saturated rings. The molecule has 4 rings (SSSR count). The van der Waals surface area contributed by atoms with Gasteiger partial charge in [-0.1, -0.05) is 18.2 Å². The average molecular weight is 429 g/mol. The van der Waals surface area contributed by atoms with Crippen molar-refractivity contribution in [1.29, 1.82) is 0 Å². The molecule has 0 spiro atoms. The molecule has 0 aliphatic rings. The number of halogens is 2. The van der Waals surface area contributed by atoms with Crippen molar-refractivity contribution in [2.45, 2.75) is 0 Å². The van der Waals surface area contributed by atoms with Crippen molar-refractivity contribution in [1.82, 2.24) is 0 Å². The summed E-state index contributed by atoms with van der Waals surface area (Å²) in [6, 6.07) is 10.4. The van der Waals surface area contributed by atoms with E-state index in [-0.39, 0.29) is 22.1 Å². The van der Waals surface area contributed by atoms with E-state index in [1.165, 1.54) is 18.6 Å². The van der Waals surface area contributed by atoms with Crippen molar-refractivity contribution in [3.05, 3.63) is 70.8 Å². The molecule has 1 amide bonds. The highest BCUT2D eigenvalue weighted by molar-refractivity contribution is 7.14. The van der Waals surface area contributed by atoms with Gasteiger partial charge in [0.05, 0.1) is 23.2 Å². The Kier molecular flexibility index (Phi) is 4.96. The number of fused-ring (bicyclic) bond motifs is 1. The minimum Gasteiger partial charge on any atom is -0.497 e. The van der Waals surface area contributed by atoms with Crippen molar-refractivity contribution < 1.29 is 32.6 Å². The smallest absolute Gasteiger partial charge is 0.339 e. The number of aromatic carboxylic acids is 1. The van der Waals surface area contributed by atoms with E-state index in [2.05, 4.69) is 5.32 Å². The molecule has 0 saturated carbocycles. The van der Waals surface area contributed by atoms with Gasteiger partial charge < -0.3 is 19.6 Å². The van der Waals surface area contributed by atoms with Crippen molar-refractivity contribution in [2.75, 3.05) is 12.4 Å². The van der Waals surface area contributed by atoms with Gasteiger partial charge in [0.25, 0.3) is 5.91 Å². The summed E-state index contributed by atoms with van der Waals surface area (Å²) in [5.74, 6) is -4.16. The molecule has 0 radical (unpaired) electrons. The van der Waals surface area contributed by atoms with Crippen LogP contribution in [0.4, 0.5) is 14.5 Å². The second-order valence-corrected chi connectivity index (χ2v) is 7.11. The van der Waals surface area contributed by atoms with Crippen LogP contribution in [-0.4, -0.2) is 24.1 Å². The number of anilines is 1. The maximum atomic E-state index is 14.5. The molecule has 2 N–H and O–H groups in total. The van der Waals surface area contributed by atoms with Gasteiger partial charge in [-0.05, 0) is 12.1 Å². The lowest BCUT2D eigenvalue weighted by Gasteiger charge is -2.08. The Balaban J connectivity index is 1.73. The Morgan fingerprint density at radius 3 is 2.47 bits per heavy atom. The zero-order chi connectivity index (χ0) is 21.4. The van der Waals surface area contributed by atoms with Crippen LogP contribution in [-0.2, 0) is 0 Å². The Hall–Kier alpha value is -3.72. The third kappa shape index (κ3) is 3.39. The highest BCUT2D eigenvalue weighted by Crippen LogP contribution is 2.40. The Morgan fingerprint density at radius 2 is 1.83 bits per heavy atom. The molecule has 9 heteroatoms. The first kappa shape index (κ1) is 19.6. The molecule has 2 aromatic heterocycles. The number of furan rings is 1. The number of hydrogen-bond donors (Lipinski definition) is 2. The van der Waals surface area contributed by atoms with Crippen molar-refractivity contribution in [2.24, 2.45) is 0 Å². The van der Waals surface area contributed by atoms with Gasteiger partial charge in [0.2, 0.25) is 0 Å². The second kappa shape index (κ2) is 7.60. The predicted octanol–water partition coefficient (Wildman–Crippen LogP) is 5.40. The number of methoxy groups -OCH3 is 1. The Morgan fingerprint density at radius 1 is 1.13 bits per heavy atom. The van der Waals surface area contributed by atoms with Gasteiger partial charge in [0, 0.05) is 22.9 Å². The van der Waals surface area contributed by atoms with E-state index >= 15 is 0 Å². The van der Waals surface area contributed by atoms with E-state index in [1.807, 2.05) is 0 Å². The van der Waals surface area contributed by atoms with E-state index in [1.54, 1.807) is 24.3 Å². The van der Waals surface area contributed by atoms with Crippen LogP contribution in [0.25, 0.3) is 21.4 Å². The van der Waals surface area contributed by atoms with Crippen molar-refractivity contribution in [3.63, 3.8) is 0 Å². The van der Waals surface area contributed by atoms with Crippen molar-refractivity contribution >= 4 is 39.9 Å². The van der Waals surface area contributed by atoms with Gasteiger partial charge in [0.15, 0.2) is 5.76 Å². The Bertz CT molecular complexity index is 1240. The van der Waals surface area contributed by atoms with E-state index in [0.717, 1.165) is 23.5 Å². The number of carboxylic acid groups (broad SMARTS) is 1. The number of ether oxygens (including phenoxy) is 1. The molecular weight excluding hydrogens is 416 g/mol. The van der Waals surface area contributed by atoms with Crippen LogP contribution in [0.2, 0.25) is 0 Å². The molecule has 0 aliphatic carbocycles. The topological polar surface area (TPSA) is 88.8 Å². The molecule has 0 atom stereocenters. The van der Waals surface area contributed by atoms with Crippen LogP contribution in [0.5, 0.6) is 5.75 Å². The van der Waals surface area contributed by atoms with Crippen LogP contribution >= 0.6 is 11.3 Å². The lowest BCUT2D eigenvalue weighted by molar-refractivity contribution is 0.0699. The van der Waals surface area contributed by atoms with Gasteiger partial charge in [-0.2, -0.15) is 0 Å².